The molecular formula is C20H39N7O2. The number of rotatable bonds is 11. The summed E-state index contributed by atoms with van der Waals surface area (Å²) in [5, 5.41) is 15.3. The van der Waals surface area contributed by atoms with Gasteiger partial charge in [-0.25, -0.2) is 4.99 Å². The molecule has 0 amide bonds. The first kappa shape index (κ1) is 23.6. The zero-order chi connectivity index (χ0) is 21.1. The second-order valence-corrected chi connectivity index (χ2v) is 7.48. The van der Waals surface area contributed by atoms with Crippen LogP contribution in [0.4, 0.5) is 0 Å². The summed E-state index contributed by atoms with van der Waals surface area (Å²) in [5.74, 6) is 3.16. The molecule has 1 aliphatic rings. The van der Waals surface area contributed by atoms with Crippen molar-refractivity contribution in [2.45, 2.75) is 46.2 Å². The molecule has 1 aromatic rings. The fourth-order valence-electron chi connectivity index (χ4n) is 3.72. The summed E-state index contributed by atoms with van der Waals surface area (Å²) in [6.07, 6.45) is 2.34. The molecular weight excluding hydrogens is 370 g/mol. The van der Waals surface area contributed by atoms with Crippen molar-refractivity contribution in [3.05, 3.63) is 11.6 Å². The van der Waals surface area contributed by atoms with Gasteiger partial charge >= 0.3 is 0 Å². The molecule has 1 unspecified atom stereocenters. The lowest BCUT2D eigenvalue weighted by atomic mass is 9.92. The molecule has 166 valence electrons. The molecule has 1 fully saturated rings. The maximum absolute atomic E-state index is 5.56. The highest BCUT2D eigenvalue weighted by atomic mass is 16.5. The molecule has 9 heteroatoms. The summed E-state index contributed by atoms with van der Waals surface area (Å²) < 4.78 is 12.7. The van der Waals surface area contributed by atoms with Gasteiger partial charge in [-0.1, -0.05) is 26.7 Å². The minimum atomic E-state index is 0.459. The first-order valence-electron chi connectivity index (χ1n) is 10.8. The molecule has 2 heterocycles. The van der Waals surface area contributed by atoms with E-state index in [0.717, 1.165) is 50.5 Å². The van der Waals surface area contributed by atoms with Crippen molar-refractivity contribution in [1.82, 2.24) is 30.3 Å². The monoisotopic (exact) mass is 409 g/mol. The maximum atomic E-state index is 5.56. The summed E-state index contributed by atoms with van der Waals surface area (Å²) in [7, 11) is 3.67. The number of ether oxygens (including phenoxy) is 2. The molecule has 2 N–H and O–H groups in total. The standard InChI is InChI=1S/C20H39N7O2/c1-6-17(7-2)18(27-9-12-29-13-10-27)14-22-20(21-8-11-28-5)23-15-19-25-24-16(3)26(19)4/h17-18H,6-15H2,1-5H3,(H2,21,22,23). The van der Waals surface area contributed by atoms with Crippen LogP contribution in [-0.4, -0.2) is 84.8 Å². The Labute approximate surface area is 175 Å². The van der Waals surface area contributed by atoms with Gasteiger partial charge in [-0.15, -0.1) is 10.2 Å². The van der Waals surface area contributed by atoms with Gasteiger partial charge in [-0.3, -0.25) is 4.90 Å². The molecule has 0 saturated carbocycles. The number of guanidine groups is 1. The molecule has 0 bridgehead atoms. The number of nitrogens with zero attached hydrogens (tertiary/aromatic N) is 5. The van der Waals surface area contributed by atoms with Crippen LogP contribution in [-0.2, 0) is 23.1 Å². The van der Waals surface area contributed by atoms with E-state index >= 15 is 0 Å². The minimum Gasteiger partial charge on any atom is -0.383 e. The zero-order valence-corrected chi connectivity index (χ0v) is 18.8. The Bertz CT molecular complexity index is 610. The molecule has 1 aromatic heterocycles. The fourth-order valence-corrected chi connectivity index (χ4v) is 3.72. The minimum absolute atomic E-state index is 0.459. The van der Waals surface area contributed by atoms with Crippen molar-refractivity contribution in [1.29, 1.82) is 0 Å². The van der Waals surface area contributed by atoms with Gasteiger partial charge in [-0.05, 0) is 12.8 Å². The lowest BCUT2D eigenvalue weighted by Crippen LogP contribution is -2.53. The topological polar surface area (TPSA) is 88.8 Å². The second-order valence-electron chi connectivity index (χ2n) is 7.48. The normalized spacial score (nSPS) is 17.0. The van der Waals surface area contributed by atoms with E-state index in [0.29, 0.717) is 31.7 Å². The van der Waals surface area contributed by atoms with E-state index in [9.17, 15) is 0 Å². The van der Waals surface area contributed by atoms with Crippen molar-refractivity contribution in [2.75, 3.05) is 53.1 Å². The number of nitrogens with one attached hydrogen (secondary N) is 2. The fraction of sp³-hybridized carbons (Fsp3) is 0.850. The Morgan fingerprint density at radius 3 is 2.52 bits per heavy atom. The number of aliphatic imine (C=N–C) groups is 1. The SMILES string of the molecule is CCC(CC)C(CNC(=NCc1nnc(C)n1C)NCCOC)N1CCOCC1. The Morgan fingerprint density at radius 2 is 1.93 bits per heavy atom. The van der Waals surface area contributed by atoms with Gasteiger partial charge in [0.2, 0.25) is 0 Å². The van der Waals surface area contributed by atoms with Crippen LogP contribution in [0.25, 0.3) is 0 Å². The van der Waals surface area contributed by atoms with Crippen molar-refractivity contribution in [3.63, 3.8) is 0 Å². The van der Waals surface area contributed by atoms with E-state index in [1.807, 2.05) is 18.5 Å². The smallest absolute Gasteiger partial charge is 0.191 e. The van der Waals surface area contributed by atoms with E-state index in [4.69, 9.17) is 14.5 Å². The van der Waals surface area contributed by atoms with Gasteiger partial charge in [0, 0.05) is 46.4 Å². The van der Waals surface area contributed by atoms with Gasteiger partial charge in [-0.2, -0.15) is 0 Å². The van der Waals surface area contributed by atoms with Gasteiger partial charge in [0.1, 0.15) is 12.4 Å². The molecule has 0 aliphatic carbocycles. The first-order valence-corrected chi connectivity index (χ1v) is 10.8. The van der Waals surface area contributed by atoms with Gasteiger partial charge in [0.15, 0.2) is 11.8 Å². The van der Waals surface area contributed by atoms with Gasteiger partial charge in [0.25, 0.3) is 0 Å². The van der Waals surface area contributed by atoms with Crippen LogP contribution in [0, 0.1) is 12.8 Å². The maximum Gasteiger partial charge on any atom is 0.191 e. The summed E-state index contributed by atoms with van der Waals surface area (Å²) >= 11 is 0. The molecule has 29 heavy (non-hydrogen) atoms. The number of aromatic nitrogens is 3. The lowest BCUT2D eigenvalue weighted by molar-refractivity contribution is 0.00271. The number of morpholine rings is 1. The molecule has 9 nitrogen and oxygen atoms in total. The lowest BCUT2D eigenvalue weighted by Gasteiger charge is -2.39. The summed E-state index contributed by atoms with van der Waals surface area (Å²) in [4.78, 5) is 7.30. The molecule has 0 radical (unpaired) electrons. The predicted octanol–water partition coefficient (Wildman–Crippen LogP) is 0.942. The average molecular weight is 410 g/mol. The van der Waals surface area contributed by atoms with Gasteiger partial charge in [0.05, 0.1) is 19.8 Å². The van der Waals surface area contributed by atoms with Crippen LogP contribution in [0.15, 0.2) is 4.99 Å². The van der Waals surface area contributed by atoms with E-state index in [1.54, 1.807) is 7.11 Å². The predicted molar refractivity (Wildman–Crippen MR) is 115 cm³/mol. The molecule has 1 saturated heterocycles. The van der Waals surface area contributed by atoms with E-state index in [-0.39, 0.29) is 0 Å². The third kappa shape index (κ3) is 7.24. The summed E-state index contributed by atoms with van der Waals surface area (Å²) in [5.41, 5.74) is 0. The molecule has 2 rings (SSSR count). The third-order valence-electron chi connectivity index (χ3n) is 5.75. The van der Waals surface area contributed by atoms with E-state index in [2.05, 4.69) is 39.6 Å². The van der Waals surface area contributed by atoms with Gasteiger partial charge < -0.3 is 24.7 Å². The highest BCUT2D eigenvalue weighted by Gasteiger charge is 2.27. The number of methoxy groups -OCH3 is 1. The quantitative estimate of drug-likeness (QED) is 0.319. The van der Waals surface area contributed by atoms with E-state index < -0.39 is 0 Å². The molecule has 1 atom stereocenters. The summed E-state index contributed by atoms with van der Waals surface area (Å²) in [6.45, 7) is 12.8. The van der Waals surface area contributed by atoms with E-state index in [1.165, 1.54) is 12.8 Å². The highest BCUT2D eigenvalue weighted by molar-refractivity contribution is 5.79. The molecule has 0 spiro atoms. The molecule has 0 aromatic carbocycles. The van der Waals surface area contributed by atoms with Crippen LogP contribution in [0.3, 0.4) is 0 Å². The highest BCUT2D eigenvalue weighted by Crippen LogP contribution is 2.19. The van der Waals surface area contributed by atoms with Crippen LogP contribution in [0.2, 0.25) is 0 Å². The largest absolute Gasteiger partial charge is 0.383 e. The Hall–Kier alpha value is -1.71. The first-order chi connectivity index (χ1) is 14.1. The van der Waals surface area contributed by atoms with Crippen molar-refractivity contribution in [2.24, 2.45) is 18.0 Å². The van der Waals surface area contributed by atoms with Crippen LogP contribution < -0.4 is 10.6 Å². The number of hydrogen-bond acceptors (Lipinski definition) is 6. The van der Waals surface area contributed by atoms with Crippen LogP contribution in [0.1, 0.15) is 38.3 Å². The zero-order valence-electron chi connectivity index (χ0n) is 18.8. The Morgan fingerprint density at radius 1 is 1.21 bits per heavy atom. The second kappa shape index (κ2) is 12.8. The number of hydrogen-bond donors (Lipinski definition) is 2. The van der Waals surface area contributed by atoms with Crippen molar-refractivity contribution in [3.8, 4) is 0 Å². The Balaban J connectivity index is 2.05. The van der Waals surface area contributed by atoms with Crippen LogP contribution in [0.5, 0.6) is 0 Å². The molecule has 1 aliphatic heterocycles. The Kier molecular flexibility index (Phi) is 10.4. The van der Waals surface area contributed by atoms with Crippen molar-refractivity contribution < 1.29 is 9.47 Å². The third-order valence-corrected chi connectivity index (χ3v) is 5.75. The van der Waals surface area contributed by atoms with Crippen LogP contribution >= 0.6 is 0 Å². The average Bonchev–Trinajstić information content (AvgIpc) is 3.07. The number of aryl methyl sites for hydroxylation is 1. The summed E-state index contributed by atoms with van der Waals surface area (Å²) in [6, 6.07) is 0.459. The van der Waals surface area contributed by atoms with Crippen molar-refractivity contribution >= 4 is 5.96 Å².